The van der Waals surface area contributed by atoms with Gasteiger partial charge < -0.3 is 9.64 Å². The Balaban J connectivity index is 1.33. The van der Waals surface area contributed by atoms with Crippen LogP contribution in [0.2, 0.25) is 0 Å². The van der Waals surface area contributed by atoms with Gasteiger partial charge in [0.1, 0.15) is 12.4 Å². The second-order valence-electron chi connectivity index (χ2n) is 6.59. The van der Waals surface area contributed by atoms with Crippen LogP contribution >= 0.6 is 23.5 Å². The van der Waals surface area contributed by atoms with E-state index in [-0.39, 0.29) is 16.4 Å². The predicted molar refractivity (Wildman–Crippen MR) is 110 cm³/mol. The molecule has 7 heteroatoms. The lowest BCUT2D eigenvalue weighted by molar-refractivity contribution is -0.118. The molecule has 140 valence electrons. The van der Waals surface area contributed by atoms with Crippen molar-refractivity contribution in [2.45, 2.75) is 22.6 Å². The van der Waals surface area contributed by atoms with Crippen molar-refractivity contribution in [2.24, 2.45) is 0 Å². The Labute approximate surface area is 166 Å². The van der Waals surface area contributed by atoms with Gasteiger partial charge in [-0.05, 0) is 36.2 Å². The summed E-state index contributed by atoms with van der Waals surface area (Å²) in [6.45, 7) is 0.618. The zero-order chi connectivity index (χ0) is 18.8. The summed E-state index contributed by atoms with van der Waals surface area (Å²) < 4.78 is 6.00. The van der Waals surface area contributed by atoms with Crippen molar-refractivity contribution in [2.75, 3.05) is 24.3 Å². The standard InChI is InChI=1S/C20H20N2O3S2/c1-22-14(12-26-17-5-3-2-4-16(17)22)11-25-15-8-6-13(7-9-15)10-18-19(23)21-20(24)27-18/h2-9,14,18H,10-12H2,1H3,(H,21,23,24). The lowest BCUT2D eigenvalue weighted by atomic mass is 10.1. The normalized spacial score (nSPS) is 21.7. The fraction of sp³-hybridized carbons (Fsp3) is 0.300. The first kappa shape index (κ1) is 18.3. The van der Waals surface area contributed by atoms with Crippen molar-refractivity contribution in [1.29, 1.82) is 0 Å². The number of fused-ring (bicyclic) bond motifs is 1. The van der Waals surface area contributed by atoms with Crippen LogP contribution in [-0.2, 0) is 11.2 Å². The smallest absolute Gasteiger partial charge is 0.286 e. The Kier molecular flexibility index (Phi) is 5.31. The molecular weight excluding hydrogens is 380 g/mol. The lowest BCUT2D eigenvalue weighted by Crippen LogP contribution is -2.41. The number of carbonyl (C=O) groups is 2. The number of nitrogens with one attached hydrogen (secondary N) is 1. The molecule has 0 aromatic heterocycles. The number of imide groups is 1. The number of carbonyl (C=O) groups excluding carboxylic acids is 2. The van der Waals surface area contributed by atoms with Crippen LogP contribution in [0.3, 0.4) is 0 Å². The molecule has 1 saturated heterocycles. The Hall–Kier alpha value is -2.12. The first-order valence-electron chi connectivity index (χ1n) is 8.78. The maximum absolute atomic E-state index is 11.7. The zero-order valence-electron chi connectivity index (χ0n) is 14.9. The van der Waals surface area contributed by atoms with Gasteiger partial charge in [-0.25, -0.2) is 0 Å². The molecule has 0 radical (unpaired) electrons. The second kappa shape index (κ2) is 7.86. The molecule has 2 heterocycles. The van der Waals surface area contributed by atoms with Crippen LogP contribution in [-0.4, -0.2) is 41.8 Å². The molecule has 5 nitrogen and oxygen atoms in total. The van der Waals surface area contributed by atoms with Crippen molar-refractivity contribution < 1.29 is 14.3 Å². The number of ether oxygens (including phenoxy) is 1. The summed E-state index contributed by atoms with van der Waals surface area (Å²) in [6.07, 6.45) is 0.543. The first-order chi connectivity index (χ1) is 13.1. The van der Waals surface area contributed by atoms with E-state index < -0.39 is 0 Å². The minimum Gasteiger partial charge on any atom is -0.491 e. The molecule has 2 atom stereocenters. The molecule has 2 unspecified atom stereocenters. The second-order valence-corrected chi connectivity index (χ2v) is 8.82. The topological polar surface area (TPSA) is 58.6 Å². The van der Waals surface area contributed by atoms with Gasteiger partial charge in [-0.1, -0.05) is 36.0 Å². The summed E-state index contributed by atoms with van der Waals surface area (Å²) in [6, 6.07) is 16.5. The highest BCUT2D eigenvalue weighted by atomic mass is 32.2. The van der Waals surface area contributed by atoms with Crippen LogP contribution in [0.15, 0.2) is 53.4 Å². The number of likely N-dealkylation sites (N-methyl/N-ethyl adjacent to an activating group) is 1. The molecule has 2 amide bonds. The average Bonchev–Trinajstić information content (AvgIpc) is 2.99. The SMILES string of the molecule is CN1c2ccccc2SCC1COc1ccc(CC2SC(=O)NC2=O)cc1. The highest BCUT2D eigenvalue weighted by Gasteiger charge is 2.31. The molecule has 2 aliphatic heterocycles. The fourth-order valence-electron chi connectivity index (χ4n) is 3.18. The molecular formula is C20H20N2O3S2. The first-order valence-corrected chi connectivity index (χ1v) is 10.6. The highest BCUT2D eigenvalue weighted by molar-refractivity contribution is 8.15. The maximum Gasteiger partial charge on any atom is 0.286 e. The van der Waals surface area contributed by atoms with Gasteiger partial charge >= 0.3 is 0 Å². The van der Waals surface area contributed by atoms with E-state index in [0.717, 1.165) is 28.8 Å². The van der Waals surface area contributed by atoms with Crippen molar-refractivity contribution in [3.05, 3.63) is 54.1 Å². The van der Waals surface area contributed by atoms with Gasteiger partial charge in [0.2, 0.25) is 5.91 Å². The third-order valence-corrected chi connectivity index (χ3v) is 6.97. The number of para-hydroxylation sites is 1. The summed E-state index contributed by atoms with van der Waals surface area (Å²) >= 11 is 2.92. The fourth-order valence-corrected chi connectivity index (χ4v) is 5.27. The molecule has 2 aromatic carbocycles. The minimum absolute atomic E-state index is 0.205. The molecule has 0 aliphatic carbocycles. The molecule has 4 rings (SSSR count). The van der Waals surface area contributed by atoms with Crippen LogP contribution in [0.25, 0.3) is 0 Å². The molecule has 27 heavy (non-hydrogen) atoms. The largest absolute Gasteiger partial charge is 0.491 e. The van der Waals surface area contributed by atoms with E-state index in [4.69, 9.17) is 4.74 Å². The summed E-state index contributed by atoms with van der Waals surface area (Å²) in [7, 11) is 2.11. The highest BCUT2D eigenvalue weighted by Crippen LogP contribution is 2.36. The zero-order valence-corrected chi connectivity index (χ0v) is 16.5. The molecule has 0 bridgehead atoms. The van der Waals surface area contributed by atoms with Gasteiger partial charge in [0.25, 0.3) is 5.24 Å². The average molecular weight is 401 g/mol. The lowest BCUT2D eigenvalue weighted by Gasteiger charge is -2.35. The number of thioether (sulfide) groups is 2. The summed E-state index contributed by atoms with van der Waals surface area (Å²) in [5.41, 5.74) is 2.27. The monoisotopic (exact) mass is 400 g/mol. The van der Waals surface area contributed by atoms with Gasteiger partial charge in [-0.3, -0.25) is 14.9 Å². The summed E-state index contributed by atoms with van der Waals surface area (Å²) in [5.74, 6) is 1.60. The predicted octanol–water partition coefficient (Wildman–Crippen LogP) is 3.57. The van der Waals surface area contributed by atoms with Crippen LogP contribution in [0.1, 0.15) is 5.56 Å². The molecule has 1 fully saturated rings. The van der Waals surface area contributed by atoms with Gasteiger partial charge in [0.05, 0.1) is 17.0 Å². The van der Waals surface area contributed by atoms with E-state index in [1.807, 2.05) is 36.0 Å². The summed E-state index contributed by atoms with van der Waals surface area (Å²) in [5, 5.41) is 1.72. The third-order valence-electron chi connectivity index (χ3n) is 4.78. The van der Waals surface area contributed by atoms with Crippen LogP contribution in [0.4, 0.5) is 10.5 Å². The Morgan fingerprint density at radius 2 is 1.93 bits per heavy atom. The third kappa shape index (κ3) is 4.09. The Bertz CT molecular complexity index is 857. The number of rotatable bonds is 5. The van der Waals surface area contributed by atoms with E-state index in [0.29, 0.717) is 19.1 Å². The van der Waals surface area contributed by atoms with Gasteiger partial charge in [-0.15, -0.1) is 11.8 Å². The van der Waals surface area contributed by atoms with Gasteiger partial charge in [-0.2, -0.15) is 0 Å². The van der Waals surface area contributed by atoms with E-state index in [9.17, 15) is 9.59 Å². The van der Waals surface area contributed by atoms with Gasteiger partial charge in [0.15, 0.2) is 0 Å². The summed E-state index contributed by atoms with van der Waals surface area (Å²) in [4.78, 5) is 26.5. The molecule has 2 aromatic rings. The minimum atomic E-state index is -0.336. The van der Waals surface area contributed by atoms with Crippen molar-refractivity contribution >= 4 is 40.4 Å². The van der Waals surface area contributed by atoms with Crippen LogP contribution in [0.5, 0.6) is 5.75 Å². The van der Waals surface area contributed by atoms with Crippen LogP contribution < -0.4 is 15.0 Å². The van der Waals surface area contributed by atoms with Crippen molar-refractivity contribution in [3.8, 4) is 5.75 Å². The molecule has 0 spiro atoms. The van der Waals surface area contributed by atoms with E-state index in [1.54, 1.807) is 0 Å². The number of benzene rings is 2. The van der Waals surface area contributed by atoms with Crippen molar-refractivity contribution in [1.82, 2.24) is 5.32 Å². The van der Waals surface area contributed by atoms with E-state index in [1.165, 1.54) is 10.6 Å². The number of hydrogen-bond donors (Lipinski definition) is 1. The van der Waals surface area contributed by atoms with E-state index in [2.05, 4.69) is 41.5 Å². The quantitative estimate of drug-likeness (QED) is 0.828. The molecule has 2 aliphatic rings. The number of hydrogen-bond acceptors (Lipinski definition) is 6. The van der Waals surface area contributed by atoms with Crippen molar-refractivity contribution in [3.63, 3.8) is 0 Å². The molecule has 0 saturated carbocycles. The Morgan fingerprint density at radius 3 is 2.67 bits per heavy atom. The number of anilines is 1. The van der Waals surface area contributed by atoms with E-state index >= 15 is 0 Å². The van der Waals surface area contributed by atoms with Gasteiger partial charge in [0, 0.05) is 17.7 Å². The Morgan fingerprint density at radius 1 is 1.15 bits per heavy atom. The van der Waals surface area contributed by atoms with Crippen LogP contribution in [0, 0.1) is 0 Å². The number of amides is 2. The maximum atomic E-state index is 11.7. The number of nitrogens with zero attached hydrogens (tertiary/aromatic N) is 1. The molecule has 1 N–H and O–H groups in total.